The van der Waals surface area contributed by atoms with Crippen LogP contribution in [0.15, 0.2) is 23.1 Å². The maximum atomic E-state index is 9.30. The molecule has 0 spiro atoms. The first-order valence-electron chi connectivity index (χ1n) is 8.55. The van der Waals surface area contributed by atoms with Crippen LogP contribution in [0.25, 0.3) is 0 Å². The number of benzene rings is 1. The van der Waals surface area contributed by atoms with Crippen molar-refractivity contribution in [2.45, 2.75) is 51.3 Å². The van der Waals surface area contributed by atoms with Gasteiger partial charge in [-0.1, -0.05) is 13.8 Å². The zero-order valence-corrected chi connectivity index (χ0v) is 16.9. The Bertz CT molecular complexity index is 571. The number of quaternary nitrogens is 1. The molecule has 1 aromatic carbocycles. The second-order valence-electron chi connectivity index (χ2n) is 7.50. The van der Waals surface area contributed by atoms with Gasteiger partial charge in [0.25, 0.3) is 0 Å². The summed E-state index contributed by atoms with van der Waals surface area (Å²) in [4.78, 5) is 0.919. The van der Waals surface area contributed by atoms with Crippen molar-refractivity contribution in [2.75, 3.05) is 34.2 Å². The van der Waals surface area contributed by atoms with Crippen molar-refractivity contribution in [1.29, 1.82) is 0 Å². The Morgan fingerprint density at radius 2 is 1.78 bits per heavy atom. The van der Waals surface area contributed by atoms with Gasteiger partial charge in [0.1, 0.15) is 0 Å². The minimum Gasteiger partial charge on any atom is -0.331 e. The van der Waals surface area contributed by atoms with Crippen molar-refractivity contribution in [2.24, 2.45) is 0 Å². The van der Waals surface area contributed by atoms with E-state index in [1.807, 2.05) is 19.9 Å². The fraction of sp³-hybridized carbons (Fsp3) is 0.632. The monoisotopic (exact) mass is 338 g/mol. The Morgan fingerprint density at radius 3 is 2.30 bits per heavy atom. The van der Waals surface area contributed by atoms with Gasteiger partial charge in [-0.2, -0.15) is 4.58 Å². The van der Waals surface area contributed by atoms with E-state index in [0.29, 0.717) is 0 Å². The van der Waals surface area contributed by atoms with Crippen LogP contribution >= 0.6 is 12.0 Å². The SMILES string of the molecule is CC.CC1=[N+](CCC[N+](C)(C)C)c2ccc(SO)cc2C1(C)C. The zero-order valence-electron chi connectivity index (χ0n) is 16.1. The summed E-state index contributed by atoms with van der Waals surface area (Å²) in [5.74, 6) is 0. The molecule has 23 heavy (non-hydrogen) atoms. The first-order chi connectivity index (χ1) is 10.7. The molecule has 0 atom stereocenters. The summed E-state index contributed by atoms with van der Waals surface area (Å²) in [5, 5.41) is 0. The third kappa shape index (κ3) is 4.59. The molecule has 4 heteroatoms. The molecule has 2 rings (SSSR count). The molecule has 1 aliphatic heterocycles. The van der Waals surface area contributed by atoms with E-state index in [2.05, 4.69) is 58.6 Å². The number of hydrogen-bond donors (Lipinski definition) is 1. The van der Waals surface area contributed by atoms with Crippen molar-refractivity contribution in [3.63, 3.8) is 0 Å². The quantitative estimate of drug-likeness (QED) is 0.475. The number of nitrogens with zero attached hydrogens (tertiary/aromatic N) is 2. The van der Waals surface area contributed by atoms with Gasteiger partial charge >= 0.3 is 0 Å². The van der Waals surface area contributed by atoms with E-state index in [-0.39, 0.29) is 5.41 Å². The molecule has 1 aliphatic rings. The Morgan fingerprint density at radius 1 is 1.17 bits per heavy atom. The molecular formula is C19H34N2OS+2. The Labute approximate surface area is 146 Å². The molecule has 0 aromatic heterocycles. The maximum Gasteiger partial charge on any atom is 0.209 e. The Hall–Kier alpha value is -0.840. The maximum absolute atomic E-state index is 9.30. The van der Waals surface area contributed by atoms with Crippen molar-refractivity contribution < 1.29 is 13.6 Å². The second-order valence-corrected chi connectivity index (χ2v) is 8.15. The standard InChI is InChI=1S/C17H27N2OS.C2H6/c1-13-17(2,3)15-12-14(21-20)8-9-16(15)18(13)10-7-11-19(4,5)6;1-2/h8-9,12H,7,10-11H2,1-6H3;1-2H3/q+1;/p+1. The van der Waals surface area contributed by atoms with E-state index in [9.17, 15) is 4.55 Å². The molecule has 0 aliphatic carbocycles. The molecule has 0 saturated heterocycles. The van der Waals surface area contributed by atoms with Gasteiger partial charge in [-0.3, -0.25) is 0 Å². The van der Waals surface area contributed by atoms with Crippen molar-refractivity contribution in [3.8, 4) is 0 Å². The van der Waals surface area contributed by atoms with E-state index in [1.54, 1.807) is 0 Å². The average molecular weight is 339 g/mol. The molecule has 1 heterocycles. The van der Waals surface area contributed by atoms with Crippen molar-refractivity contribution >= 4 is 23.4 Å². The lowest BCUT2D eigenvalue weighted by atomic mass is 9.82. The van der Waals surface area contributed by atoms with Gasteiger partial charge in [0.05, 0.1) is 39.5 Å². The summed E-state index contributed by atoms with van der Waals surface area (Å²) in [6.07, 6.45) is 1.17. The van der Waals surface area contributed by atoms with Gasteiger partial charge < -0.3 is 9.04 Å². The van der Waals surface area contributed by atoms with Crippen LogP contribution in [0.2, 0.25) is 0 Å². The highest BCUT2D eigenvalue weighted by molar-refractivity contribution is 7.93. The molecule has 1 aromatic rings. The molecule has 0 bridgehead atoms. The van der Waals surface area contributed by atoms with Gasteiger partial charge in [0.2, 0.25) is 5.69 Å². The lowest BCUT2D eigenvalue weighted by Gasteiger charge is -2.23. The van der Waals surface area contributed by atoms with E-state index in [1.165, 1.54) is 29.9 Å². The average Bonchev–Trinajstić information content (AvgIpc) is 2.68. The third-order valence-corrected chi connectivity index (χ3v) is 5.02. The molecule has 0 unspecified atom stereocenters. The highest BCUT2D eigenvalue weighted by Crippen LogP contribution is 2.41. The van der Waals surface area contributed by atoms with E-state index < -0.39 is 0 Å². The number of fused-ring (bicyclic) bond motifs is 1. The molecule has 0 fully saturated rings. The summed E-state index contributed by atoms with van der Waals surface area (Å²) >= 11 is 0.829. The first-order valence-corrected chi connectivity index (χ1v) is 9.32. The summed E-state index contributed by atoms with van der Waals surface area (Å²) in [6.45, 7) is 13.0. The fourth-order valence-electron chi connectivity index (χ4n) is 3.01. The topological polar surface area (TPSA) is 23.2 Å². The van der Waals surface area contributed by atoms with Gasteiger partial charge in [0, 0.05) is 35.5 Å². The van der Waals surface area contributed by atoms with Crippen LogP contribution < -0.4 is 0 Å². The van der Waals surface area contributed by atoms with Crippen LogP contribution in [-0.2, 0) is 5.41 Å². The predicted octanol–water partition coefficient (Wildman–Crippen LogP) is 4.77. The largest absolute Gasteiger partial charge is 0.331 e. The van der Waals surface area contributed by atoms with E-state index in [0.717, 1.165) is 28.0 Å². The van der Waals surface area contributed by atoms with Crippen LogP contribution in [0, 0.1) is 0 Å². The molecular weight excluding hydrogens is 304 g/mol. The molecule has 0 amide bonds. The van der Waals surface area contributed by atoms with E-state index in [4.69, 9.17) is 0 Å². The second kappa shape index (κ2) is 7.82. The van der Waals surface area contributed by atoms with Crippen LogP contribution in [0.3, 0.4) is 0 Å². The lowest BCUT2D eigenvalue weighted by Crippen LogP contribution is -2.36. The van der Waals surface area contributed by atoms with Gasteiger partial charge in [-0.15, -0.1) is 0 Å². The summed E-state index contributed by atoms with van der Waals surface area (Å²) < 4.78 is 12.8. The fourth-order valence-corrected chi connectivity index (χ4v) is 3.31. The normalized spacial score (nSPS) is 16.0. The van der Waals surface area contributed by atoms with Gasteiger partial charge in [-0.05, 0) is 26.0 Å². The van der Waals surface area contributed by atoms with Crippen LogP contribution in [-0.4, -0.2) is 53.6 Å². The van der Waals surface area contributed by atoms with Gasteiger partial charge in [0.15, 0.2) is 12.3 Å². The molecule has 0 radical (unpaired) electrons. The molecule has 1 N–H and O–H groups in total. The summed E-state index contributed by atoms with van der Waals surface area (Å²) in [6, 6.07) is 6.28. The Balaban J connectivity index is 0.00000127. The zero-order chi connectivity index (χ0) is 17.8. The highest BCUT2D eigenvalue weighted by atomic mass is 32.2. The van der Waals surface area contributed by atoms with Crippen LogP contribution in [0.4, 0.5) is 5.69 Å². The molecule has 130 valence electrons. The summed E-state index contributed by atoms with van der Waals surface area (Å²) in [7, 11) is 6.72. The first kappa shape index (κ1) is 20.2. The number of hydrogen-bond acceptors (Lipinski definition) is 2. The smallest absolute Gasteiger partial charge is 0.209 e. The predicted molar refractivity (Wildman–Crippen MR) is 102 cm³/mol. The lowest BCUT2D eigenvalue weighted by molar-refractivity contribution is -0.871. The van der Waals surface area contributed by atoms with Crippen LogP contribution in [0.5, 0.6) is 0 Å². The van der Waals surface area contributed by atoms with Crippen LogP contribution in [0.1, 0.15) is 46.6 Å². The molecule has 0 saturated carbocycles. The molecule has 3 nitrogen and oxygen atoms in total. The Kier molecular flexibility index (Phi) is 6.87. The van der Waals surface area contributed by atoms with E-state index >= 15 is 0 Å². The minimum atomic E-state index is 0.0393. The third-order valence-electron chi connectivity index (χ3n) is 4.56. The highest BCUT2D eigenvalue weighted by Gasteiger charge is 2.42. The van der Waals surface area contributed by atoms with Crippen molar-refractivity contribution in [1.82, 2.24) is 0 Å². The van der Waals surface area contributed by atoms with Gasteiger partial charge in [-0.25, -0.2) is 0 Å². The van der Waals surface area contributed by atoms with Crippen molar-refractivity contribution in [3.05, 3.63) is 23.8 Å². The summed E-state index contributed by atoms with van der Waals surface area (Å²) in [5.41, 5.74) is 4.07. The number of rotatable bonds is 5. The minimum absolute atomic E-state index is 0.0393.